The van der Waals surface area contributed by atoms with Crippen molar-refractivity contribution < 1.29 is 19.4 Å². The molecule has 0 fully saturated rings. The van der Waals surface area contributed by atoms with E-state index in [1.165, 1.54) is 0 Å². The van der Waals surface area contributed by atoms with Crippen LogP contribution in [0.4, 0.5) is 0 Å². The predicted molar refractivity (Wildman–Crippen MR) is 91.0 cm³/mol. The largest absolute Gasteiger partial charge is 0.389 e. The van der Waals surface area contributed by atoms with E-state index >= 15 is 0 Å². The lowest BCUT2D eigenvalue weighted by atomic mass is 9.93. The standard InChI is InChI=1S/C17H34N2O4/c1-12(9-18-13(20)15(2,3)4)23-11-16(5,6)14(21)19-10-17(7,8)22/h12,22H,9-11H2,1-8H3,(H,18,20)(H,19,21)/t12-/m1/s1. The summed E-state index contributed by atoms with van der Waals surface area (Å²) in [5.41, 5.74) is -2.10. The fraction of sp³-hybridized carbons (Fsp3) is 0.882. The predicted octanol–water partition coefficient (Wildman–Crippen LogP) is 1.47. The Morgan fingerprint density at radius 2 is 1.52 bits per heavy atom. The lowest BCUT2D eigenvalue weighted by Gasteiger charge is -2.28. The van der Waals surface area contributed by atoms with Crippen LogP contribution in [-0.2, 0) is 14.3 Å². The van der Waals surface area contributed by atoms with Crippen molar-refractivity contribution in [3.05, 3.63) is 0 Å². The monoisotopic (exact) mass is 330 g/mol. The van der Waals surface area contributed by atoms with Crippen LogP contribution in [0.2, 0.25) is 0 Å². The van der Waals surface area contributed by atoms with Gasteiger partial charge in [-0.3, -0.25) is 9.59 Å². The van der Waals surface area contributed by atoms with E-state index in [1.807, 2.05) is 27.7 Å². The smallest absolute Gasteiger partial charge is 0.228 e. The maximum Gasteiger partial charge on any atom is 0.228 e. The van der Waals surface area contributed by atoms with E-state index in [2.05, 4.69) is 10.6 Å². The third-order valence-electron chi connectivity index (χ3n) is 3.26. The molecule has 2 amide bonds. The molecule has 0 rings (SSSR count). The van der Waals surface area contributed by atoms with Gasteiger partial charge in [0.15, 0.2) is 0 Å². The van der Waals surface area contributed by atoms with Crippen molar-refractivity contribution in [2.24, 2.45) is 10.8 Å². The Hall–Kier alpha value is -1.14. The van der Waals surface area contributed by atoms with Crippen LogP contribution in [0.25, 0.3) is 0 Å². The van der Waals surface area contributed by atoms with Gasteiger partial charge in [-0.25, -0.2) is 0 Å². The molecule has 3 N–H and O–H groups in total. The van der Waals surface area contributed by atoms with Gasteiger partial charge >= 0.3 is 0 Å². The maximum atomic E-state index is 12.1. The van der Waals surface area contributed by atoms with Crippen LogP contribution in [0.1, 0.15) is 55.4 Å². The van der Waals surface area contributed by atoms with Crippen LogP contribution < -0.4 is 10.6 Å². The second-order valence-electron chi connectivity index (χ2n) is 8.46. The summed E-state index contributed by atoms with van der Waals surface area (Å²) in [5, 5.41) is 15.2. The topological polar surface area (TPSA) is 87.7 Å². The van der Waals surface area contributed by atoms with Crippen molar-refractivity contribution in [3.8, 4) is 0 Å². The zero-order valence-electron chi connectivity index (χ0n) is 15.9. The third kappa shape index (κ3) is 9.56. The summed E-state index contributed by atoms with van der Waals surface area (Å²) in [6, 6.07) is 0. The van der Waals surface area contributed by atoms with Crippen LogP contribution in [0.3, 0.4) is 0 Å². The van der Waals surface area contributed by atoms with Crippen LogP contribution >= 0.6 is 0 Å². The number of amides is 2. The van der Waals surface area contributed by atoms with Crippen LogP contribution in [0, 0.1) is 10.8 Å². The minimum atomic E-state index is -0.947. The molecule has 6 nitrogen and oxygen atoms in total. The summed E-state index contributed by atoms with van der Waals surface area (Å²) in [6.07, 6.45) is -0.192. The minimum Gasteiger partial charge on any atom is -0.389 e. The van der Waals surface area contributed by atoms with Gasteiger partial charge in [0.2, 0.25) is 11.8 Å². The zero-order chi connectivity index (χ0) is 18.5. The van der Waals surface area contributed by atoms with Crippen LogP contribution in [-0.4, -0.2) is 48.3 Å². The summed E-state index contributed by atoms with van der Waals surface area (Å²) in [6.45, 7) is 15.1. The molecule has 0 radical (unpaired) electrons. The summed E-state index contributed by atoms with van der Waals surface area (Å²) in [7, 11) is 0. The molecule has 0 heterocycles. The summed E-state index contributed by atoms with van der Waals surface area (Å²) in [5.74, 6) is -0.208. The molecule has 0 aliphatic carbocycles. The highest BCUT2D eigenvalue weighted by Gasteiger charge is 2.30. The van der Waals surface area contributed by atoms with Crippen LogP contribution in [0.5, 0.6) is 0 Å². The number of hydrogen-bond donors (Lipinski definition) is 3. The van der Waals surface area contributed by atoms with E-state index in [9.17, 15) is 14.7 Å². The molecule has 0 aromatic heterocycles. The molecule has 23 heavy (non-hydrogen) atoms. The number of hydrogen-bond acceptors (Lipinski definition) is 4. The summed E-state index contributed by atoms with van der Waals surface area (Å²) in [4.78, 5) is 24.0. The number of carbonyl (C=O) groups is 2. The van der Waals surface area contributed by atoms with Gasteiger partial charge in [-0.2, -0.15) is 0 Å². The van der Waals surface area contributed by atoms with Crippen molar-refractivity contribution in [1.82, 2.24) is 10.6 Å². The molecule has 0 saturated heterocycles. The number of ether oxygens (including phenoxy) is 1. The maximum absolute atomic E-state index is 12.1. The van der Waals surface area contributed by atoms with E-state index < -0.39 is 16.4 Å². The average molecular weight is 330 g/mol. The Kier molecular flexibility index (Phi) is 7.70. The lowest BCUT2D eigenvalue weighted by Crippen LogP contribution is -2.46. The Balaban J connectivity index is 4.26. The number of nitrogens with one attached hydrogen (secondary N) is 2. The van der Waals surface area contributed by atoms with Gasteiger partial charge in [0, 0.05) is 18.5 Å². The van der Waals surface area contributed by atoms with E-state index in [0.717, 1.165) is 0 Å². The lowest BCUT2D eigenvalue weighted by molar-refractivity contribution is -0.135. The van der Waals surface area contributed by atoms with Gasteiger partial charge in [-0.1, -0.05) is 20.8 Å². The SMILES string of the molecule is C[C@H](CNC(=O)C(C)(C)C)OCC(C)(C)C(=O)NCC(C)(C)O. The average Bonchev–Trinajstić information content (AvgIpc) is 2.37. The molecule has 6 heteroatoms. The third-order valence-corrected chi connectivity index (χ3v) is 3.26. The van der Waals surface area contributed by atoms with Crippen LogP contribution in [0.15, 0.2) is 0 Å². The number of aliphatic hydroxyl groups is 1. The molecular formula is C17H34N2O4. The van der Waals surface area contributed by atoms with Gasteiger partial charge in [0.1, 0.15) is 0 Å². The fourth-order valence-electron chi connectivity index (χ4n) is 1.51. The van der Waals surface area contributed by atoms with Gasteiger partial charge < -0.3 is 20.5 Å². The molecule has 136 valence electrons. The molecule has 0 aliphatic rings. The summed E-state index contributed by atoms with van der Waals surface area (Å²) >= 11 is 0. The van der Waals surface area contributed by atoms with Gasteiger partial charge in [0.25, 0.3) is 0 Å². The van der Waals surface area contributed by atoms with E-state index in [4.69, 9.17) is 4.74 Å². The number of rotatable bonds is 8. The van der Waals surface area contributed by atoms with Crippen molar-refractivity contribution in [2.75, 3.05) is 19.7 Å². The quantitative estimate of drug-likeness (QED) is 0.629. The molecule has 1 atom stereocenters. The zero-order valence-corrected chi connectivity index (χ0v) is 15.9. The summed E-state index contributed by atoms with van der Waals surface area (Å²) < 4.78 is 5.68. The number of carbonyl (C=O) groups excluding carboxylic acids is 2. The highest BCUT2D eigenvalue weighted by Crippen LogP contribution is 2.17. The Morgan fingerprint density at radius 3 is 1.96 bits per heavy atom. The molecule has 0 aliphatic heterocycles. The van der Waals surface area contributed by atoms with E-state index in [-0.39, 0.29) is 31.1 Å². The molecule has 0 spiro atoms. The van der Waals surface area contributed by atoms with Gasteiger partial charge in [-0.05, 0) is 34.6 Å². The molecule has 0 unspecified atom stereocenters. The first-order chi connectivity index (χ1) is 10.1. The molecule has 0 aromatic rings. The molecular weight excluding hydrogens is 296 g/mol. The first kappa shape index (κ1) is 21.9. The second kappa shape index (κ2) is 8.11. The first-order valence-electron chi connectivity index (χ1n) is 8.06. The van der Waals surface area contributed by atoms with E-state index in [0.29, 0.717) is 6.54 Å². The fourth-order valence-corrected chi connectivity index (χ4v) is 1.51. The molecule has 0 aromatic carbocycles. The van der Waals surface area contributed by atoms with Crippen molar-refractivity contribution >= 4 is 11.8 Å². The molecule has 0 saturated carbocycles. The highest BCUT2D eigenvalue weighted by molar-refractivity contribution is 5.82. The first-order valence-corrected chi connectivity index (χ1v) is 8.06. The minimum absolute atomic E-state index is 0.0323. The Bertz CT molecular complexity index is 406. The second-order valence-corrected chi connectivity index (χ2v) is 8.46. The highest BCUT2D eigenvalue weighted by atomic mass is 16.5. The van der Waals surface area contributed by atoms with Crippen molar-refractivity contribution in [3.63, 3.8) is 0 Å². The van der Waals surface area contributed by atoms with Crippen molar-refractivity contribution in [1.29, 1.82) is 0 Å². The Morgan fingerprint density at radius 1 is 1.00 bits per heavy atom. The normalized spacial score (nSPS) is 14.3. The Labute approximate surface area is 140 Å². The van der Waals surface area contributed by atoms with Gasteiger partial charge in [-0.15, -0.1) is 0 Å². The van der Waals surface area contributed by atoms with Gasteiger partial charge in [0.05, 0.1) is 23.7 Å². The molecule has 0 bridgehead atoms. The van der Waals surface area contributed by atoms with E-state index in [1.54, 1.807) is 27.7 Å². The van der Waals surface area contributed by atoms with Crippen molar-refractivity contribution in [2.45, 2.75) is 67.1 Å².